The highest BCUT2D eigenvalue weighted by Gasteiger charge is 2.23. The smallest absolute Gasteiger partial charge is 0.196 e. The van der Waals surface area contributed by atoms with Gasteiger partial charge in [-0.1, -0.05) is 109 Å². The van der Waals surface area contributed by atoms with Crippen LogP contribution in [0.3, 0.4) is 0 Å². The molecule has 4 heterocycles. The number of para-hydroxylation sites is 6. The third-order valence-electron chi connectivity index (χ3n) is 14.6. The second kappa shape index (κ2) is 31.0. The van der Waals surface area contributed by atoms with Crippen molar-refractivity contribution in [1.29, 1.82) is 0 Å². The van der Waals surface area contributed by atoms with Gasteiger partial charge >= 0.3 is 0 Å². The van der Waals surface area contributed by atoms with Crippen molar-refractivity contribution in [3.05, 3.63) is 188 Å². The van der Waals surface area contributed by atoms with Gasteiger partial charge in [0.25, 0.3) is 0 Å². The van der Waals surface area contributed by atoms with E-state index in [0.717, 1.165) is 125 Å². The number of halogens is 4. The number of methoxy groups -OCH3 is 2. The lowest BCUT2D eigenvalue weighted by Crippen LogP contribution is -2.48. The van der Waals surface area contributed by atoms with Crippen molar-refractivity contribution in [2.75, 3.05) is 117 Å². The molecule has 2 fully saturated rings. The molecule has 2 N–H and O–H groups in total. The number of anilines is 2. The summed E-state index contributed by atoms with van der Waals surface area (Å²) in [5.41, 5.74) is 9.02. The summed E-state index contributed by atoms with van der Waals surface area (Å²) in [6.07, 6.45) is 0. The molecule has 0 atom stereocenters. The fourth-order valence-electron chi connectivity index (χ4n) is 10.3. The fraction of sp³-hybridized carbons (Fsp3) is 0.323. The molecule has 2 aliphatic heterocycles. The van der Waals surface area contributed by atoms with Crippen LogP contribution in [-0.4, -0.2) is 132 Å². The predicted molar refractivity (Wildman–Crippen MR) is 334 cm³/mol. The Hall–Kier alpha value is -6.10. The van der Waals surface area contributed by atoms with Crippen LogP contribution < -0.4 is 30.1 Å². The SMILES string of the molecule is COc1ccccc1N1CCN(CCN(C)Cc2cccc3c(=O)c(C)c(-c4ccccc4)oc23)CC1.COc1ccccc1N1CCN(CCN(C)Cc2cccc3c(=O)c(C)c(-c4ccccc4)oc23)CC1.Cl.Cl.Cl.Cl.O. The van der Waals surface area contributed by atoms with E-state index >= 15 is 0 Å². The van der Waals surface area contributed by atoms with E-state index in [9.17, 15) is 9.59 Å². The topological polar surface area (TPSA) is 130 Å². The highest BCUT2D eigenvalue weighted by Crippen LogP contribution is 2.32. The summed E-state index contributed by atoms with van der Waals surface area (Å²) in [4.78, 5) is 40.8. The molecule has 13 nitrogen and oxygen atoms in total. The Bertz CT molecular complexity index is 3060. The summed E-state index contributed by atoms with van der Waals surface area (Å²) >= 11 is 0. The van der Waals surface area contributed by atoms with Gasteiger partial charge in [0.05, 0.1) is 36.4 Å². The minimum Gasteiger partial charge on any atom is -0.495 e. The lowest BCUT2D eigenvalue weighted by atomic mass is 10.0. The second-order valence-electron chi connectivity index (χ2n) is 19.6. The third kappa shape index (κ3) is 15.6. The normalized spacial score (nSPS) is 13.5. The maximum Gasteiger partial charge on any atom is 0.196 e. The molecular formula is C62H76Cl4N6O7. The van der Waals surface area contributed by atoms with Crippen molar-refractivity contribution in [2.24, 2.45) is 0 Å². The molecule has 2 saturated heterocycles. The van der Waals surface area contributed by atoms with Gasteiger partial charge < -0.3 is 43.4 Å². The molecular weight excluding hydrogens is 1080 g/mol. The average molecular weight is 1160 g/mol. The zero-order chi connectivity index (χ0) is 51.6. The van der Waals surface area contributed by atoms with E-state index in [-0.39, 0.29) is 66.0 Å². The van der Waals surface area contributed by atoms with Gasteiger partial charge in [-0.15, -0.1) is 49.6 Å². The number of nitrogens with zero attached hydrogens (tertiary/aromatic N) is 6. The van der Waals surface area contributed by atoms with E-state index in [1.165, 1.54) is 11.4 Å². The Morgan fingerprint density at radius 2 is 0.797 bits per heavy atom. The van der Waals surface area contributed by atoms with E-state index in [1.54, 1.807) is 14.2 Å². The summed E-state index contributed by atoms with van der Waals surface area (Å²) in [5.74, 6) is 3.17. The molecule has 17 heteroatoms. The zero-order valence-electron chi connectivity index (χ0n) is 46.0. The van der Waals surface area contributed by atoms with Crippen molar-refractivity contribution in [3.8, 4) is 34.1 Å². The van der Waals surface area contributed by atoms with Crippen molar-refractivity contribution < 1.29 is 23.8 Å². The molecule has 424 valence electrons. The van der Waals surface area contributed by atoms with E-state index in [1.807, 2.05) is 123 Å². The Balaban J connectivity index is 0.000000320. The lowest BCUT2D eigenvalue weighted by molar-refractivity contribution is 0.212. The van der Waals surface area contributed by atoms with Crippen LogP contribution in [0.4, 0.5) is 11.4 Å². The predicted octanol–water partition coefficient (Wildman–Crippen LogP) is 10.9. The van der Waals surface area contributed by atoms with Gasteiger partial charge in [0, 0.05) is 125 Å². The van der Waals surface area contributed by atoms with Crippen molar-refractivity contribution >= 4 is 82.9 Å². The highest BCUT2D eigenvalue weighted by molar-refractivity contribution is 5.86. The molecule has 10 rings (SSSR count). The minimum atomic E-state index is 0. The Morgan fingerprint density at radius 1 is 0.456 bits per heavy atom. The Labute approximate surface area is 489 Å². The maximum absolute atomic E-state index is 13.2. The molecule has 0 spiro atoms. The molecule has 2 aromatic heterocycles. The second-order valence-corrected chi connectivity index (χ2v) is 19.6. The van der Waals surface area contributed by atoms with E-state index < -0.39 is 0 Å². The van der Waals surface area contributed by atoms with Crippen LogP contribution in [0.15, 0.2) is 164 Å². The summed E-state index contributed by atoms with van der Waals surface area (Å²) in [6.45, 7) is 17.0. The number of hydrogen-bond acceptors (Lipinski definition) is 12. The van der Waals surface area contributed by atoms with Gasteiger partial charge in [-0.05, 0) is 64.3 Å². The first-order valence-corrected chi connectivity index (χ1v) is 25.9. The van der Waals surface area contributed by atoms with Crippen LogP contribution in [0.2, 0.25) is 0 Å². The van der Waals surface area contributed by atoms with E-state index in [0.29, 0.717) is 44.6 Å². The van der Waals surface area contributed by atoms with E-state index in [4.69, 9.17) is 18.3 Å². The van der Waals surface area contributed by atoms with Gasteiger partial charge in [0.2, 0.25) is 0 Å². The Morgan fingerprint density at radius 3 is 1.15 bits per heavy atom. The zero-order valence-corrected chi connectivity index (χ0v) is 49.3. The monoisotopic (exact) mass is 1160 g/mol. The molecule has 6 aromatic carbocycles. The van der Waals surface area contributed by atoms with Crippen molar-refractivity contribution in [3.63, 3.8) is 0 Å². The molecule has 0 saturated carbocycles. The van der Waals surface area contributed by atoms with Crippen LogP contribution in [0, 0.1) is 13.8 Å². The summed E-state index contributed by atoms with van der Waals surface area (Å²) in [5, 5.41) is 1.30. The van der Waals surface area contributed by atoms with Crippen LogP contribution in [-0.2, 0) is 13.1 Å². The van der Waals surface area contributed by atoms with Crippen molar-refractivity contribution in [2.45, 2.75) is 26.9 Å². The summed E-state index contributed by atoms with van der Waals surface area (Å²) in [6, 6.07) is 48.0. The maximum atomic E-state index is 13.2. The lowest BCUT2D eigenvalue weighted by Gasteiger charge is -2.37. The molecule has 79 heavy (non-hydrogen) atoms. The van der Waals surface area contributed by atoms with Crippen molar-refractivity contribution in [1.82, 2.24) is 19.6 Å². The summed E-state index contributed by atoms with van der Waals surface area (Å²) < 4.78 is 23.9. The number of rotatable bonds is 16. The van der Waals surface area contributed by atoms with E-state index in [2.05, 4.69) is 79.9 Å². The molecule has 2 aliphatic rings. The molecule has 8 aromatic rings. The molecule has 0 amide bonds. The number of piperazine rings is 2. The average Bonchev–Trinajstić information content (AvgIpc) is 3.51. The quantitative estimate of drug-likeness (QED) is 0.0913. The highest BCUT2D eigenvalue weighted by atomic mass is 35.5. The van der Waals surface area contributed by atoms with Gasteiger partial charge in [-0.3, -0.25) is 19.4 Å². The van der Waals surface area contributed by atoms with Crippen LogP contribution >= 0.6 is 49.6 Å². The van der Waals surface area contributed by atoms with Crippen LogP contribution in [0.1, 0.15) is 22.3 Å². The number of benzene rings is 6. The van der Waals surface area contributed by atoms with Crippen LogP contribution in [0.25, 0.3) is 44.6 Å². The first-order chi connectivity index (χ1) is 36.1. The molecule has 0 aliphatic carbocycles. The van der Waals surface area contributed by atoms with Gasteiger partial charge in [0.15, 0.2) is 10.9 Å². The Kier molecular flexibility index (Phi) is 25.7. The largest absolute Gasteiger partial charge is 0.495 e. The first-order valence-electron chi connectivity index (χ1n) is 25.9. The van der Waals surface area contributed by atoms with Gasteiger partial charge in [-0.25, -0.2) is 0 Å². The first kappa shape index (κ1) is 65.4. The fourth-order valence-corrected chi connectivity index (χ4v) is 10.3. The summed E-state index contributed by atoms with van der Waals surface area (Å²) in [7, 11) is 7.73. The number of hydrogen-bond donors (Lipinski definition) is 0. The molecule has 0 bridgehead atoms. The minimum absolute atomic E-state index is 0. The standard InChI is InChI=1S/2C31H35N3O3.4ClH.H2O/c2*1-23-29(35)26-13-9-12-25(31(26)37-30(23)24-10-5-4-6-11-24)22-32(2)16-17-33-18-20-34(21-19-33)27-14-7-8-15-28(27)36-3;;;;;/h2*4-15H,16-22H2,1-3H3;4*1H;1H2. The van der Waals surface area contributed by atoms with Crippen LogP contribution in [0.5, 0.6) is 11.5 Å². The molecule has 0 radical (unpaired) electrons. The third-order valence-corrected chi connectivity index (χ3v) is 14.6. The molecule has 0 unspecified atom stereocenters. The number of fused-ring (bicyclic) bond motifs is 2. The number of likely N-dealkylation sites (N-methyl/N-ethyl adjacent to an activating group) is 2. The van der Waals surface area contributed by atoms with Gasteiger partial charge in [0.1, 0.15) is 34.2 Å². The number of ether oxygens (including phenoxy) is 2. The van der Waals surface area contributed by atoms with Gasteiger partial charge in [-0.2, -0.15) is 0 Å².